The van der Waals surface area contributed by atoms with Crippen molar-refractivity contribution in [3.8, 4) is 40.0 Å². The van der Waals surface area contributed by atoms with E-state index in [1.807, 2.05) is 30.3 Å². The van der Waals surface area contributed by atoms with Crippen LogP contribution in [0.15, 0.2) is 60.8 Å². The molecule has 6 rings (SSSR count). The van der Waals surface area contributed by atoms with Gasteiger partial charge in [0.05, 0.1) is 31.1 Å². The van der Waals surface area contributed by atoms with Crippen molar-refractivity contribution >= 4 is 16.7 Å². The van der Waals surface area contributed by atoms with Crippen molar-refractivity contribution in [1.29, 1.82) is 0 Å². The van der Waals surface area contributed by atoms with Crippen LogP contribution in [0.25, 0.3) is 22.0 Å². The van der Waals surface area contributed by atoms with Gasteiger partial charge in [-0.15, -0.1) is 0 Å². The maximum atomic E-state index is 11.8. The predicted molar refractivity (Wildman–Crippen MR) is 144 cm³/mol. The average molecular weight is 529 g/mol. The summed E-state index contributed by atoms with van der Waals surface area (Å²) in [5.41, 5.74) is 4.38. The standard InChI is InChI=1S/C31H30NO7/c1-3-35-30(33)14-20-5-4-6-23(13-20)36-11-12-37-31-25-18-32-10-9-22-16-28-29(39-19-38-28)17-24(22)26(32)15-21(25)7-8-27(31)34-2/h4-8,13,15-18H,3,9-12,14,19H2,1-2H3/q+1. The van der Waals surface area contributed by atoms with Crippen molar-refractivity contribution in [2.24, 2.45) is 0 Å². The minimum atomic E-state index is -0.254. The van der Waals surface area contributed by atoms with Crippen molar-refractivity contribution in [3.63, 3.8) is 0 Å². The smallest absolute Gasteiger partial charge is 0.310 e. The molecule has 0 spiro atoms. The summed E-state index contributed by atoms with van der Waals surface area (Å²) in [6, 6.07) is 17.8. The van der Waals surface area contributed by atoms with Gasteiger partial charge in [0.25, 0.3) is 0 Å². The molecule has 0 aliphatic carbocycles. The Balaban J connectivity index is 1.20. The molecule has 200 valence electrons. The molecule has 3 heterocycles. The lowest BCUT2D eigenvalue weighted by Gasteiger charge is -2.18. The Morgan fingerprint density at radius 2 is 1.85 bits per heavy atom. The van der Waals surface area contributed by atoms with E-state index in [1.54, 1.807) is 14.0 Å². The summed E-state index contributed by atoms with van der Waals surface area (Å²) in [6.45, 7) is 3.93. The lowest BCUT2D eigenvalue weighted by Crippen LogP contribution is -2.40. The van der Waals surface area contributed by atoms with E-state index in [-0.39, 0.29) is 19.2 Å². The van der Waals surface area contributed by atoms with Crippen LogP contribution in [0.5, 0.6) is 28.7 Å². The summed E-state index contributed by atoms with van der Waals surface area (Å²) in [4.78, 5) is 11.8. The number of nitrogens with zero attached hydrogens (tertiary/aromatic N) is 1. The molecule has 0 amide bonds. The second-order valence-electron chi connectivity index (χ2n) is 9.39. The van der Waals surface area contributed by atoms with E-state index in [4.69, 9.17) is 28.4 Å². The Kier molecular flexibility index (Phi) is 6.84. The molecule has 0 bridgehead atoms. The molecule has 3 aromatic carbocycles. The Morgan fingerprint density at radius 3 is 2.69 bits per heavy atom. The van der Waals surface area contributed by atoms with E-state index in [9.17, 15) is 4.79 Å². The van der Waals surface area contributed by atoms with E-state index in [1.165, 1.54) is 5.56 Å². The molecule has 2 aliphatic heterocycles. The molecule has 8 heteroatoms. The third kappa shape index (κ3) is 5.02. The first kappa shape index (κ1) is 24.9. The number of aryl methyl sites for hydroxylation is 2. The largest absolute Gasteiger partial charge is 0.493 e. The van der Waals surface area contributed by atoms with Gasteiger partial charge in [-0.25, -0.2) is 0 Å². The van der Waals surface area contributed by atoms with Crippen LogP contribution in [-0.2, 0) is 28.9 Å². The fourth-order valence-corrected chi connectivity index (χ4v) is 5.13. The lowest BCUT2D eigenvalue weighted by molar-refractivity contribution is -0.686. The third-order valence-electron chi connectivity index (χ3n) is 6.95. The van der Waals surface area contributed by atoms with E-state index >= 15 is 0 Å². The number of aromatic nitrogens is 1. The molecule has 0 atom stereocenters. The van der Waals surface area contributed by atoms with E-state index in [0.29, 0.717) is 37.1 Å². The van der Waals surface area contributed by atoms with Crippen LogP contribution < -0.4 is 28.3 Å². The molecule has 8 nitrogen and oxygen atoms in total. The Labute approximate surface area is 226 Å². The van der Waals surface area contributed by atoms with Crippen LogP contribution in [0, 0.1) is 0 Å². The molecular weight excluding hydrogens is 498 g/mol. The van der Waals surface area contributed by atoms with Crippen molar-refractivity contribution in [2.45, 2.75) is 26.3 Å². The number of fused-ring (bicyclic) bond motifs is 5. The van der Waals surface area contributed by atoms with Crippen LogP contribution in [0.2, 0.25) is 0 Å². The minimum Gasteiger partial charge on any atom is -0.493 e. The number of carbonyl (C=O) groups excluding carboxylic acids is 1. The zero-order valence-electron chi connectivity index (χ0n) is 22.0. The van der Waals surface area contributed by atoms with E-state index in [0.717, 1.165) is 52.1 Å². The van der Waals surface area contributed by atoms with Gasteiger partial charge in [0.1, 0.15) is 19.0 Å². The number of ether oxygens (including phenoxy) is 6. The molecule has 4 aromatic rings. The first-order valence-electron chi connectivity index (χ1n) is 13.1. The molecule has 0 fully saturated rings. The first-order valence-corrected chi connectivity index (χ1v) is 13.1. The second-order valence-corrected chi connectivity index (χ2v) is 9.39. The Morgan fingerprint density at radius 1 is 1.00 bits per heavy atom. The highest BCUT2D eigenvalue weighted by Gasteiger charge is 2.28. The van der Waals surface area contributed by atoms with Crippen LogP contribution in [-0.4, -0.2) is 39.7 Å². The highest BCUT2D eigenvalue weighted by atomic mass is 16.7. The molecule has 1 aromatic heterocycles. The summed E-state index contributed by atoms with van der Waals surface area (Å²) in [7, 11) is 1.64. The summed E-state index contributed by atoms with van der Waals surface area (Å²) in [5, 5.41) is 2.02. The molecule has 0 saturated heterocycles. The van der Waals surface area contributed by atoms with Crippen molar-refractivity contribution in [1.82, 2.24) is 0 Å². The molecular formula is C31H30NO7+. The van der Waals surface area contributed by atoms with Gasteiger partial charge < -0.3 is 28.4 Å². The van der Waals surface area contributed by atoms with Crippen molar-refractivity contribution < 1.29 is 37.8 Å². The van der Waals surface area contributed by atoms with Crippen LogP contribution in [0.3, 0.4) is 0 Å². The number of methoxy groups -OCH3 is 1. The summed E-state index contributed by atoms with van der Waals surface area (Å²) in [5.74, 6) is 3.37. The van der Waals surface area contributed by atoms with Crippen LogP contribution >= 0.6 is 0 Å². The lowest BCUT2D eigenvalue weighted by atomic mass is 9.95. The number of esters is 1. The molecule has 2 aliphatic rings. The molecule has 0 saturated carbocycles. The molecule has 0 N–H and O–H groups in total. The summed E-state index contributed by atoms with van der Waals surface area (Å²) >= 11 is 0. The number of hydrogen-bond acceptors (Lipinski definition) is 7. The maximum absolute atomic E-state index is 11.8. The SMILES string of the molecule is CCOC(=O)Cc1cccc(OCCOc2c(OC)ccc3cc4[n+](cc23)CCc2cc3c(cc2-4)OCO3)c1. The van der Waals surface area contributed by atoms with Crippen LogP contribution in [0.4, 0.5) is 0 Å². The van der Waals surface area contributed by atoms with Crippen LogP contribution in [0.1, 0.15) is 18.1 Å². The zero-order chi connectivity index (χ0) is 26.8. The third-order valence-corrected chi connectivity index (χ3v) is 6.95. The average Bonchev–Trinajstić information content (AvgIpc) is 3.41. The fraction of sp³-hybridized carbons (Fsp3) is 0.290. The number of hydrogen-bond donors (Lipinski definition) is 0. The van der Waals surface area contributed by atoms with E-state index < -0.39 is 0 Å². The van der Waals surface area contributed by atoms with Gasteiger partial charge >= 0.3 is 5.97 Å². The number of pyridine rings is 1. The summed E-state index contributed by atoms with van der Waals surface area (Å²) in [6.07, 6.45) is 3.25. The van der Waals surface area contributed by atoms with Gasteiger partial charge in [-0.05, 0) is 59.8 Å². The Bertz CT molecular complexity index is 1550. The minimum absolute atomic E-state index is 0.213. The number of rotatable bonds is 9. The zero-order valence-corrected chi connectivity index (χ0v) is 22.0. The quantitative estimate of drug-likeness (QED) is 0.178. The van der Waals surface area contributed by atoms with Gasteiger partial charge in [-0.3, -0.25) is 4.79 Å². The maximum Gasteiger partial charge on any atom is 0.310 e. The van der Waals surface area contributed by atoms with Gasteiger partial charge in [-0.2, -0.15) is 4.57 Å². The predicted octanol–water partition coefficient (Wildman–Crippen LogP) is 4.65. The topological polar surface area (TPSA) is 76.3 Å². The second kappa shape index (κ2) is 10.7. The number of carbonyl (C=O) groups is 1. The Hall–Kier alpha value is -4.46. The molecule has 0 radical (unpaired) electrons. The normalized spacial score (nSPS) is 13.0. The van der Waals surface area contributed by atoms with Gasteiger partial charge in [-0.1, -0.05) is 12.1 Å². The molecule has 39 heavy (non-hydrogen) atoms. The highest BCUT2D eigenvalue weighted by molar-refractivity contribution is 5.91. The highest BCUT2D eigenvalue weighted by Crippen LogP contribution is 2.41. The van der Waals surface area contributed by atoms with E-state index in [2.05, 4.69) is 35.0 Å². The monoisotopic (exact) mass is 528 g/mol. The van der Waals surface area contributed by atoms with Gasteiger partial charge in [0.15, 0.2) is 35.7 Å². The van der Waals surface area contributed by atoms with Crippen molar-refractivity contribution in [2.75, 3.05) is 33.7 Å². The fourth-order valence-electron chi connectivity index (χ4n) is 5.13. The van der Waals surface area contributed by atoms with Gasteiger partial charge in [0.2, 0.25) is 12.5 Å². The van der Waals surface area contributed by atoms with Crippen molar-refractivity contribution in [3.05, 3.63) is 71.9 Å². The summed E-state index contributed by atoms with van der Waals surface area (Å²) < 4.78 is 36.3. The van der Waals surface area contributed by atoms with Gasteiger partial charge in [0, 0.05) is 12.5 Å². The number of benzene rings is 3. The molecule has 0 unspecified atom stereocenters. The first-order chi connectivity index (χ1) is 19.1.